The molecule has 3 nitrogen and oxygen atoms in total. The Labute approximate surface area is 125 Å². The largest absolute Gasteiger partial charge is 0.243 e. The fraction of sp³-hybridized carbons (Fsp3) is 0.538. The zero-order chi connectivity index (χ0) is 14.6. The summed E-state index contributed by atoms with van der Waals surface area (Å²) in [7, 11) is -1.92. The van der Waals surface area contributed by atoms with Crippen LogP contribution in [0.15, 0.2) is 17.0 Å². The molecule has 0 saturated heterocycles. The Bertz CT molecular complexity index is 544. The molecule has 0 aliphatic rings. The van der Waals surface area contributed by atoms with E-state index < -0.39 is 10.0 Å². The third kappa shape index (κ3) is 3.85. The average Bonchev–Trinajstić information content (AvgIpc) is 2.37. The third-order valence-corrected chi connectivity index (χ3v) is 5.58. The first-order valence-electron chi connectivity index (χ1n) is 6.16. The van der Waals surface area contributed by atoms with E-state index in [0.717, 1.165) is 18.4 Å². The molecular weight excluding hydrogens is 305 g/mol. The highest BCUT2D eigenvalue weighted by atomic mass is 35.5. The zero-order valence-electron chi connectivity index (χ0n) is 11.4. The van der Waals surface area contributed by atoms with Crippen LogP contribution in [-0.2, 0) is 15.9 Å². The van der Waals surface area contributed by atoms with Crippen molar-refractivity contribution in [2.75, 3.05) is 13.6 Å². The van der Waals surface area contributed by atoms with E-state index in [1.165, 1.54) is 10.4 Å². The van der Waals surface area contributed by atoms with Crippen molar-refractivity contribution in [3.05, 3.63) is 28.3 Å². The second kappa shape index (κ2) is 6.93. The molecule has 0 radical (unpaired) electrons. The molecule has 0 amide bonds. The predicted octanol–water partition coefficient (Wildman–Crippen LogP) is 3.81. The lowest BCUT2D eigenvalue weighted by Gasteiger charge is -2.19. The van der Waals surface area contributed by atoms with Gasteiger partial charge < -0.3 is 0 Å². The predicted molar refractivity (Wildman–Crippen MR) is 80.5 cm³/mol. The summed E-state index contributed by atoms with van der Waals surface area (Å²) in [5.74, 6) is 0.244. The lowest BCUT2D eigenvalue weighted by Crippen LogP contribution is -2.28. The Balaban J connectivity index is 3.25. The monoisotopic (exact) mass is 323 g/mol. The molecule has 6 heteroatoms. The summed E-state index contributed by atoms with van der Waals surface area (Å²) < 4.78 is 26.4. The van der Waals surface area contributed by atoms with Crippen LogP contribution in [0.25, 0.3) is 0 Å². The van der Waals surface area contributed by atoms with Crippen LogP contribution >= 0.6 is 23.2 Å². The number of unbranched alkanes of at least 4 members (excludes halogenated alkanes) is 1. The van der Waals surface area contributed by atoms with E-state index in [0.29, 0.717) is 17.1 Å². The smallest absolute Gasteiger partial charge is 0.207 e. The van der Waals surface area contributed by atoms with Crippen LogP contribution in [0, 0.1) is 6.92 Å². The van der Waals surface area contributed by atoms with Crippen molar-refractivity contribution in [1.82, 2.24) is 4.31 Å². The molecule has 0 N–H and O–H groups in total. The van der Waals surface area contributed by atoms with Gasteiger partial charge in [0.15, 0.2) is 0 Å². The number of hydrogen-bond donors (Lipinski definition) is 0. The molecule has 0 fully saturated rings. The maximum atomic E-state index is 12.5. The van der Waals surface area contributed by atoms with Gasteiger partial charge in [-0.15, -0.1) is 11.6 Å². The van der Waals surface area contributed by atoms with E-state index in [1.807, 2.05) is 6.92 Å². The first-order chi connectivity index (χ1) is 8.84. The fourth-order valence-electron chi connectivity index (χ4n) is 1.78. The number of alkyl halides is 1. The van der Waals surface area contributed by atoms with Crippen LogP contribution < -0.4 is 0 Å². The van der Waals surface area contributed by atoms with Crippen LogP contribution in [0.4, 0.5) is 0 Å². The van der Waals surface area contributed by atoms with E-state index in [-0.39, 0.29) is 10.8 Å². The summed E-state index contributed by atoms with van der Waals surface area (Å²) >= 11 is 11.8. The van der Waals surface area contributed by atoms with Gasteiger partial charge >= 0.3 is 0 Å². The van der Waals surface area contributed by atoms with Gasteiger partial charge in [0, 0.05) is 24.5 Å². The van der Waals surface area contributed by atoms with Gasteiger partial charge in [-0.25, -0.2) is 12.7 Å². The summed E-state index contributed by atoms with van der Waals surface area (Å²) in [5, 5.41) is 0.392. The Hall–Kier alpha value is -0.290. The van der Waals surface area contributed by atoms with E-state index in [9.17, 15) is 8.42 Å². The third-order valence-electron chi connectivity index (χ3n) is 3.09. The van der Waals surface area contributed by atoms with Crippen LogP contribution in [0.2, 0.25) is 5.02 Å². The molecule has 19 heavy (non-hydrogen) atoms. The van der Waals surface area contributed by atoms with Crippen molar-refractivity contribution >= 4 is 33.2 Å². The molecule has 1 aromatic rings. The standard InChI is InChI=1S/C13H19Cl2NO2S/c1-4-5-6-16(3)19(17,18)13-8-12(15)7-11(9-14)10(13)2/h7-8H,4-6,9H2,1-3H3. The number of hydrogen-bond acceptors (Lipinski definition) is 2. The molecule has 0 heterocycles. The van der Waals surface area contributed by atoms with E-state index in [4.69, 9.17) is 23.2 Å². The molecule has 0 spiro atoms. The van der Waals surface area contributed by atoms with Crippen molar-refractivity contribution in [3.63, 3.8) is 0 Å². The van der Waals surface area contributed by atoms with Crippen LogP contribution in [0.5, 0.6) is 0 Å². The average molecular weight is 324 g/mol. The normalized spacial score (nSPS) is 12.1. The minimum absolute atomic E-state index is 0.244. The van der Waals surface area contributed by atoms with Crippen molar-refractivity contribution in [2.45, 2.75) is 37.5 Å². The number of rotatable bonds is 6. The summed E-state index contributed by atoms with van der Waals surface area (Å²) in [5.41, 5.74) is 1.42. The Morgan fingerprint density at radius 3 is 2.47 bits per heavy atom. The van der Waals surface area contributed by atoms with Gasteiger partial charge in [-0.1, -0.05) is 24.9 Å². The van der Waals surface area contributed by atoms with Gasteiger partial charge in [0.05, 0.1) is 4.90 Å². The molecule has 0 aromatic heterocycles. The van der Waals surface area contributed by atoms with Gasteiger partial charge in [0.2, 0.25) is 10.0 Å². The fourth-order valence-corrected chi connectivity index (χ4v) is 3.87. The molecule has 0 aliphatic carbocycles. The van der Waals surface area contributed by atoms with Crippen molar-refractivity contribution < 1.29 is 8.42 Å². The summed E-state index contributed by atoms with van der Waals surface area (Å²) in [4.78, 5) is 0.245. The zero-order valence-corrected chi connectivity index (χ0v) is 13.7. The second-order valence-electron chi connectivity index (χ2n) is 4.50. The summed E-state index contributed by atoms with van der Waals surface area (Å²) in [6.45, 7) is 4.28. The summed E-state index contributed by atoms with van der Waals surface area (Å²) in [6, 6.07) is 3.19. The minimum Gasteiger partial charge on any atom is -0.207 e. The van der Waals surface area contributed by atoms with E-state index in [1.54, 1.807) is 20.0 Å². The lowest BCUT2D eigenvalue weighted by atomic mass is 10.1. The van der Waals surface area contributed by atoms with Crippen LogP contribution in [-0.4, -0.2) is 26.3 Å². The molecule has 0 saturated carbocycles. The highest BCUT2D eigenvalue weighted by Crippen LogP contribution is 2.27. The quantitative estimate of drug-likeness (QED) is 0.746. The maximum Gasteiger partial charge on any atom is 0.243 e. The van der Waals surface area contributed by atoms with Crippen molar-refractivity contribution in [2.24, 2.45) is 0 Å². The minimum atomic E-state index is -3.51. The molecular formula is C13H19Cl2NO2S. The van der Waals surface area contributed by atoms with Gasteiger partial charge in [-0.2, -0.15) is 0 Å². The number of halogens is 2. The van der Waals surface area contributed by atoms with Crippen LogP contribution in [0.3, 0.4) is 0 Å². The first kappa shape index (κ1) is 16.8. The van der Waals surface area contributed by atoms with E-state index >= 15 is 0 Å². The van der Waals surface area contributed by atoms with Crippen molar-refractivity contribution in [1.29, 1.82) is 0 Å². The molecule has 0 atom stereocenters. The SMILES string of the molecule is CCCCN(C)S(=O)(=O)c1cc(Cl)cc(CCl)c1C. The number of sulfonamides is 1. The molecule has 0 unspecified atom stereocenters. The molecule has 1 rings (SSSR count). The number of nitrogens with zero attached hydrogens (tertiary/aromatic N) is 1. The summed E-state index contributed by atoms with van der Waals surface area (Å²) in [6.07, 6.45) is 1.78. The topological polar surface area (TPSA) is 37.4 Å². The Morgan fingerprint density at radius 1 is 1.32 bits per heavy atom. The maximum absolute atomic E-state index is 12.5. The highest BCUT2D eigenvalue weighted by Gasteiger charge is 2.24. The van der Waals surface area contributed by atoms with Gasteiger partial charge in [-0.05, 0) is 36.6 Å². The molecule has 108 valence electrons. The highest BCUT2D eigenvalue weighted by molar-refractivity contribution is 7.89. The molecule has 0 aliphatic heterocycles. The van der Waals surface area contributed by atoms with Gasteiger partial charge in [0.1, 0.15) is 0 Å². The van der Waals surface area contributed by atoms with Gasteiger partial charge in [0.25, 0.3) is 0 Å². The lowest BCUT2D eigenvalue weighted by molar-refractivity contribution is 0.459. The van der Waals surface area contributed by atoms with E-state index in [2.05, 4.69) is 0 Å². The van der Waals surface area contributed by atoms with Crippen molar-refractivity contribution in [3.8, 4) is 0 Å². The Kier molecular flexibility index (Phi) is 6.12. The van der Waals surface area contributed by atoms with Crippen LogP contribution in [0.1, 0.15) is 30.9 Å². The number of benzene rings is 1. The molecule has 1 aromatic carbocycles. The Morgan fingerprint density at radius 2 is 1.95 bits per heavy atom. The van der Waals surface area contributed by atoms with Gasteiger partial charge in [-0.3, -0.25) is 0 Å². The molecule has 0 bridgehead atoms. The second-order valence-corrected chi connectivity index (χ2v) is 7.22. The first-order valence-corrected chi connectivity index (χ1v) is 8.51.